The molecule has 1 fully saturated rings. The highest BCUT2D eigenvalue weighted by molar-refractivity contribution is 5.93. The zero-order valence-electron chi connectivity index (χ0n) is 10.7. The molecule has 1 aliphatic heterocycles. The average molecular weight is 263 g/mol. The number of nitrogens with zero attached hydrogens (tertiary/aromatic N) is 1. The molecule has 102 valence electrons. The highest BCUT2D eigenvalue weighted by Gasteiger charge is 2.18. The van der Waals surface area contributed by atoms with Gasteiger partial charge in [0.2, 0.25) is 5.91 Å². The maximum Gasteiger partial charge on any atom is 0.341 e. The number of carbonyl (C=O) groups excluding carboxylic acids is 1. The lowest BCUT2D eigenvalue weighted by Crippen LogP contribution is -2.29. The van der Waals surface area contributed by atoms with Crippen LogP contribution >= 0.6 is 0 Å². The zero-order valence-corrected chi connectivity index (χ0v) is 10.7. The summed E-state index contributed by atoms with van der Waals surface area (Å²) in [6.07, 6.45) is 3.56. The molecule has 19 heavy (non-hydrogen) atoms. The summed E-state index contributed by atoms with van der Waals surface area (Å²) in [4.78, 5) is 24.2. The molecule has 1 amide bonds. The van der Waals surface area contributed by atoms with E-state index < -0.39 is 5.97 Å². The van der Waals surface area contributed by atoms with E-state index in [2.05, 4.69) is 0 Å². The molecule has 5 nitrogen and oxygen atoms in total. The van der Waals surface area contributed by atoms with Gasteiger partial charge in [-0.25, -0.2) is 4.79 Å². The lowest BCUT2D eigenvalue weighted by atomic mass is 10.2. The minimum atomic E-state index is -1.02. The van der Waals surface area contributed by atoms with Crippen LogP contribution in [0.15, 0.2) is 24.3 Å². The topological polar surface area (TPSA) is 66.8 Å². The van der Waals surface area contributed by atoms with Crippen molar-refractivity contribution < 1.29 is 19.4 Å². The number of carbonyl (C=O) groups is 2. The molecule has 1 heterocycles. The van der Waals surface area contributed by atoms with E-state index in [1.807, 2.05) is 6.07 Å². The molecule has 0 saturated carbocycles. The van der Waals surface area contributed by atoms with Crippen LogP contribution in [0.1, 0.15) is 25.7 Å². The molecule has 2 rings (SSSR count). The van der Waals surface area contributed by atoms with Gasteiger partial charge >= 0.3 is 5.97 Å². The summed E-state index contributed by atoms with van der Waals surface area (Å²) in [5.41, 5.74) is 0.773. The van der Waals surface area contributed by atoms with Gasteiger partial charge in [0.05, 0.1) is 0 Å². The van der Waals surface area contributed by atoms with Gasteiger partial charge in [-0.3, -0.25) is 4.79 Å². The standard InChI is InChI=1S/C14H17NO4/c16-13-7-2-1-3-8-15(13)11-5-4-6-12(9-11)19-10-14(17)18/h4-6,9H,1-3,7-8,10H2,(H,17,18). The molecule has 0 spiro atoms. The Bertz CT molecular complexity index is 472. The second-order valence-electron chi connectivity index (χ2n) is 4.54. The summed E-state index contributed by atoms with van der Waals surface area (Å²) < 4.78 is 5.13. The number of hydrogen-bond donors (Lipinski definition) is 1. The van der Waals surface area contributed by atoms with Gasteiger partial charge in [0, 0.05) is 24.7 Å². The Morgan fingerprint density at radius 1 is 1.32 bits per heavy atom. The van der Waals surface area contributed by atoms with E-state index in [-0.39, 0.29) is 12.5 Å². The lowest BCUT2D eigenvalue weighted by Gasteiger charge is -2.21. The SMILES string of the molecule is O=C(O)COc1cccc(N2CCCCCC2=O)c1. The maximum absolute atomic E-state index is 12.0. The molecule has 1 aromatic rings. The van der Waals surface area contributed by atoms with E-state index in [1.54, 1.807) is 23.1 Å². The maximum atomic E-state index is 12.0. The number of benzene rings is 1. The third kappa shape index (κ3) is 3.71. The van der Waals surface area contributed by atoms with E-state index in [1.165, 1.54) is 0 Å². The third-order valence-electron chi connectivity index (χ3n) is 3.07. The van der Waals surface area contributed by atoms with Gasteiger partial charge in [0.15, 0.2) is 6.61 Å². The molecule has 0 aliphatic carbocycles. The molecular formula is C14H17NO4. The number of carboxylic acid groups (broad SMARTS) is 1. The van der Waals surface area contributed by atoms with Crippen LogP contribution in [0.25, 0.3) is 0 Å². The van der Waals surface area contributed by atoms with Crippen molar-refractivity contribution in [3.63, 3.8) is 0 Å². The number of ether oxygens (including phenoxy) is 1. The van der Waals surface area contributed by atoms with Crippen molar-refractivity contribution in [2.45, 2.75) is 25.7 Å². The third-order valence-corrected chi connectivity index (χ3v) is 3.07. The molecule has 0 radical (unpaired) electrons. The van der Waals surface area contributed by atoms with Gasteiger partial charge in [0.1, 0.15) is 5.75 Å². The molecule has 0 aromatic heterocycles. The van der Waals surface area contributed by atoms with E-state index in [0.717, 1.165) is 24.9 Å². The molecule has 1 aromatic carbocycles. The van der Waals surface area contributed by atoms with Crippen LogP contribution in [0.3, 0.4) is 0 Å². The first-order valence-corrected chi connectivity index (χ1v) is 6.42. The Balaban J connectivity index is 2.12. The van der Waals surface area contributed by atoms with Gasteiger partial charge in [0.25, 0.3) is 0 Å². The molecule has 1 saturated heterocycles. The fourth-order valence-corrected chi connectivity index (χ4v) is 2.14. The van der Waals surface area contributed by atoms with Gasteiger partial charge < -0.3 is 14.7 Å². The summed E-state index contributed by atoms with van der Waals surface area (Å²) >= 11 is 0. The Hall–Kier alpha value is -2.04. The number of anilines is 1. The van der Waals surface area contributed by atoms with Crippen LogP contribution in [0.4, 0.5) is 5.69 Å². The van der Waals surface area contributed by atoms with Crippen LogP contribution in [0.5, 0.6) is 5.75 Å². The van der Waals surface area contributed by atoms with Crippen molar-refractivity contribution >= 4 is 17.6 Å². The van der Waals surface area contributed by atoms with Gasteiger partial charge in [-0.05, 0) is 25.0 Å². The highest BCUT2D eigenvalue weighted by atomic mass is 16.5. The Labute approximate surface area is 111 Å². The van der Waals surface area contributed by atoms with E-state index in [0.29, 0.717) is 18.7 Å². The summed E-state index contributed by atoms with van der Waals surface area (Å²) in [7, 11) is 0. The molecule has 0 unspecified atom stereocenters. The second-order valence-corrected chi connectivity index (χ2v) is 4.54. The predicted octanol–water partition coefficient (Wildman–Crippen LogP) is 2.06. The van der Waals surface area contributed by atoms with E-state index in [9.17, 15) is 9.59 Å². The number of carboxylic acids is 1. The molecule has 0 bridgehead atoms. The van der Waals surface area contributed by atoms with Crippen molar-refractivity contribution in [2.75, 3.05) is 18.1 Å². The summed E-state index contributed by atoms with van der Waals surface area (Å²) in [5, 5.41) is 8.58. The first-order valence-electron chi connectivity index (χ1n) is 6.42. The van der Waals surface area contributed by atoms with Crippen molar-refractivity contribution in [1.29, 1.82) is 0 Å². The van der Waals surface area contributed by atoms with Gasteiger partial charge in [-0.1, -0.05) is 12.5 Å². The number of aliphatic carboxylic acids is 1. The van der Waals surface area contributed by atoms with Crippen LogP contribution in [-0.2, 0) is 9.59 Å². The first kappa shape index (κ1) is 13.4. The molecule has 1 aliphatic rings. The smallest absolute Gasteiger partial charge is 0.341 e. The Morgan fingerprint density at radius 2 is 2.16 bits per heavy atom. The average Bonchev–Trinajstić information content (AvgIpc) is 2.61. The number of rotatable bonds is 4. The highest BCUT2D eigenvalue weighted by Crippen LogP contribution is 2.24. The molecule has 0 atom stereocenters. The number of hydrogen-bond acceptors (Lipinski definition) is 3. The molecule has 5 heteroatoms. The number of amides is 1. The molecular weight excluding hydrogens is 246 g/mol. The van der Waals surface area contributed by atoms with Crippen molar-refractivity contribution in [1.82, 2.24) is 0 Å². The minimum absolute atomic E-state index is 0.118. The van der Waals surface area contributed by atoms with Gasteiger partial charge in [-0.2, -0.15) is 0 Å². The summed E-state index contributed by atoms with van der Waals surface area (Å²) in [6.45, 7) is 0.332. The minimum Gasteiger partial charge on any atom is -0.482 e. The Morgan fingerprint density at radius 3 is 2.95 bits per heavy atom. The lowest BCUT2D eigenvalue weighted by molar-refractivity contribution is -0.139. The normalized spacial score (nSPS) is 16.0. The predicted molar refractivity (Wildman–Crippen MR) is 70.4 cm³/mol. The fourth-order valence-electron chi connectivity index (χ4n) is 2.14. The van der Waals surface area contributed by atoms with Crippen LogP contribution < -0.4 is 9.64 Å². The van der Waals surface area contributed by atoms with E-state index >= 15 is 0 Å². The largest absolute Gasteiger partial charge is 0.482 e. The van der Waals surface area contributed by atoms with Crippen molar-refractivity contribution in [3.05, 3.63) is 24.3 Å². The molecule has 1 N–H and O–H groups in total. The monoisotopic (exact) mass is 263 g/mol. The summed E-state index contributed by atoms with van der Waals surface area (Å²) in [5.74, 6) is -0.430. The fraction of sp³-hybridized carbons (Fsp3) is 0.429. The summed E-state index contributed by atoms with van der Waals surface area (Å²) in [6, 6.07) is 7.02. The van der Waals surface area contributed by atoms with Crippen LogP contribution in [-0.4, -0.2) is 30.1 Å². The van der Waals surface area contributed by atoms with Crippen LogP contribution in [0.2, 0.25) is 0 Å². The second kappa shape index (κ2) is 6.22. The van der Waals surface area contributed by atoms with Crippen LogP contribution in [0, 0.1) is 0 Å². The quantitative estimate of drug-likeness (QED) is 0.902. The Kier molecular flexibility index (Phi) is 4.39. The van der Waals surface area contributed by atoms with Crippen molar-refractivity contribution in [2.24, 2.45) is 0 Å². The van der Waals surface area contributed by atoms with E-state index in [4.69, 9.17) is 9.84 Å². The zero-order chi connectivity index (χ0) is 13.7. The van der Waals surface area contributed by atoms with Crippen molar-refractivity contribution in [3.8, 4) is 5.75 Å². The van der Waals surface area contributed by atoms with Gasteiger partial charge in [-0.15, -0.1) is 0 Å². The first-order chi connectivity index (χ1) is 9.16.